The number of nitrogens with one attached hydrogen (secondary N) is 1. The molecule has 0 spiro atoms. The van der Waals surface area contributed by atoms with Crippen LogP contribution >= 0.6 is 0 Å². The molecule has 0 unspecified atom stereocenters. The molecule has 1 aromatic heterocycles. The number of pyridine rings is 1. The van der Waals surface area contributed by atoms with Gasteiger partial charge in [0.1, 0.15) is 0 Å². The Bertz CT molecular complexity index is 820. The maximum atomic E-state index is 12.3. The summed E-state index contributed by atoms with van der Waals surface area (Å²) >= 11 is 0. The van der Waals surface area contributed by atoms with Gasteiger partial charge < -0.3 is 9.80 Å². The van der Waals surface area contributed by atoms with E-state index >= 15 is 0 Å². The lowest BCUT2D eigenvalue weighted by atomic mass is 10.2. The van der Waals surface area contributed by atoms with Crippen LogP contribution in [0.5, 0.6) is 0 Å². The summed E-state index contributed by atoms with van der Waals surface area (Å²) in [5.74, 6) is -0.0323. The first kappa shape index (κ1) is 18.3. The molecule has 0 radical (unpaired) electrons. The van der Waals surface area contributed by atoms with E-state index in [1.807, 2.05) is 12.1 Å². The van der Waals surface area contributed by atoms with E-state index in [2.05, 4.69) is 14.6 Å². The summed E-state index contributed by atoms with van der Waals surface area (Å²) in [6.07, 6.45) is 3.67. The van der Waals surface area contributed by atoms with E-state index < -0.39 is 10.0 Å². The molecule has 0 bridgehead atoms. The van der Waals surface area contributed by atoms with Crippen molar-refractivity contribution in [1.82, 2.24) is 14.6 Å². The summed E-state index contributed by atoms with van der Waals surface area (Å²) in [5.41, 5.74) is 1.10. The zero-order valence-electron chi connectivity index (χ0n) is 14.4. The Kier molecular flexibility index (Phi) is 5.85. The Balaban J connectivity index is 1.45. The SMILES string of the molecule is O=C(CCNS(=O)(=O)c1ccccc1)N1CCN(c2ccncc2)CC1. The molecule has 3 rings (SSSR count). The molecule has 138 valence electrons. The van der Waals surface area contributed by atoms with Crippen LogP contribution in [0.2, 0.25) is 0 Å². The predicted octanol–water partition coefficient (Wildman–Crippen LogP) is 1.10. The number of carbonyl (C=O) groups excluding carboxylic acids is 1. The maximum Gasteiger partial charge on any atom is 0.240 e. The van der Waals surface area contributed by atoms with Crippen molar-refractivity contribution in [3.8, 4) is 0 Å². The first-order valence-electron chi connectivity index (χ1n) is 8.54. The third-order valence-corrected chi connectivity index (χ3v) is 5.82. The molecule has 0 saturated carbocycles. The fourth-order valence-corrected chi connectivity index (χ4v) is 3.96. The van der Waals surface area contributed by atoms with Gasteiger partial charge in [-0.15, -0.1) is 0 Å². The highest BCUT2D eigenvalue weighted by molar-refractivity contribution is 7.89. The molecule has 0 atom stereocenters. The highest BCUT2D eigenvalue weighted by Gasteiger charge is 2.21. The Hall–Kier alpha value is -2.45. The lowest BCUT2D eigenvalue weighted by Crippen LogP contribution is -2.49. The fraction of sp³-hybridized carbons (Fsp3) is 0.333. The number of hydrogen-bond donors (Lipinski definition) is 1. The van der Waals surface area contributed by atoms with Gasteiger partial charge in [0, 0.05) is 57.2 Å². The number of hydrogen-bond acceptors (Lipinski definition) is 5. The van der Waals surface area contributed by atoms with Crippen LogP contribution in [0, 0.1) is 0 Å². The van der Waals surface area contributed by atoms with Crippen molar-refractivity contribution in [3.63, 3.8) is 0 Å². The fourth-order valence-electron chi connectivity index (χ4n) is 2.90. The predicted molar refractivity (Wildman–Crippen MR) is 99.3 cm³/mol. The van der Waals surface area contributed by atoms with Crippen LogP contribution in [0.15, 0.2) is 59.8 Å². The summed E-state index contributed by atoms with van der Waals surface area (Å²) in [4.78, 5) is 20.5. The molecule has 2 aromatic rings. The van der Waals surface area contributed by atoms with Gasteiger partial charge in [-0.1, -0.05) is 18.2 Å². The van der Waals surface area contributed by atoms with E-state index in [0.29, 0.717) is 13.1 Å². The molecule has 7 nitrogen and oxygen atoms in total. The van der Waals surface area contributed by atoms with E-state index in [1.165, 1.54) is 12.1 Å². The quantitative estimate of drug-likeness (QED) is 0.819. The lowest BCUT2D eigenvalue weighted by molar-refractivity contribution is -0.131. The Labute approximate surface area is 153 Å². The Morgan fingerprint density at radius 2 is 1.65 bits per heavy atom. The molecule has 8 heteroatoms. The van der Waals surface area contributed by atoms with Gasteiger partial charge in [0.25, 0.3) is 0 Å². The summed E-state index contributed by atoms with van der Waals surface area (Å²) in [6.45, 7) is 2.87. The van der Waals surface area contributed by atoms with E-state index in [0.717, 1.165) is 18.8 Å². The summed E-state index contributed by atoms with van der Waals surface area (Å²) < 4.78 is 26.8. The van der Waals surface area contributed by atoms with Crippen LogP contribution in [-0.4, -0.2) is 56.9 Å². The molecule has 1 aliphatic rings. The van der Waals surface area contributed by atoms with E-state index in [4.69, 9.17) is 0 Å². The molecule has 1 aliphatic heterocycles. The van der Waals surface area contributed by atoms with Crippen LogP contribution in [0.1, 0.15) is 6.42 Å². The second-order valence-corrected chi connectivity index (χ2v) is 7.80. The molecule has 1 amide bonds. The van der Waals surface area contributed by atoms with E-state index in [1.54, 1.807) is 35.5 Å². The smallest absolute Gasteiger partial charge is 0.240 e. The minimum absolute atomic E-state index is 0.0323. The molecule has 26 heavy (non-hydrogen) atoms. The van der Waals surface area contributed by atoms with Gasteiger partial charge in [0.15, 0.2) is 0 Å². The Morgan fingerprint density at radius 3 is 2.31 bits per heavy atom. The number of amides is 1. The second kappa shape index (κ2) is 8.29. The number of aromatic nitrogens is 1. The zero-order chi connectivity index (χ0) is 18.4. The molecule has 2 heterocycles. The molecular weight excluding hydrogens is 352 g/mol. The van der Waals surface area contributed by atoms with E-state index in [-0.39, 0.29) is 23.8 Å². The van der Waals surface area contributed by atoms with Crippen molar-refractivity contribution in [3.05, 3.63) is 54.9 Å². The molecular formula is C18H22N4O3S. The zero-order valence-corrected chi connectivity index (χ0v) is 15.2. The van der Waals surface area contributed by atoms with Gasteiger partial charge in [-0.3, -0.25) is 9.78 Å². The molecule has 0 aliphatic carbocycles. The first-order chi connectivity index (χ1) is 12.6. The topological polar surface area (TPSA) is 82.6 Å². The number of benzene rings is 1. The number of nitrogens with zero attached hydrogens (tertiary/aromatic N) is 3. The van der Waals surface area contributed by atoms with Gasteiger partial charge in [0.2, 0.25) is 15.9 Å². The highest BCUT2D eigenvalue weighted by Crippen LogP contribution is 2.15. The molecule has 1 fully saturated rings. The van der Waals surface area contributed by atoms with Crippen molar-refractivity contribution >= 4 is 21.6 Å². The normalized spacial score (nSPS) is 15.1. The minimum atomic E-state index is -3.57. The van der Waals surface area contributed by atoms with Crippen molar-refractivity contribution in [2.75, 3.05) is 37.6 Å². The average molecular weight is 374 g/mol. The largest absolute Gasteiger partial charge is 0.368 e. The third kappa shape index (κ3) is 4.59. The molecule has 1 N–H and O–H groups in total. The van der Waals surface area contributed by atoms with Crippen molar-refractivity contribution in [1.29, 1.82) is 0 Å². The van der Waals surface area contributed by atoms with Crippen molar-refractivity contribution in [2.45, 2.75) is 11.3 Å². The van der Waals surface area contributed by atoms with E-state index in [9.17, 15) is 13.2 Å². The second-order valence-electron chi connectivity index (χ2n) is 6.03. The van der Waals surface area contributed by atoms with Crippen LogP contribution in [0.3, 0.4) is 0 Å². The number of piperazine rings is 1. The summed E-state index contributed by atoms with van der Waals surface area (Å²) in [6, 6.07) is 12.1. The van der Waals surface area contributed by atoms with Crippen molar-refractivity contribution in [2.24, 2.45) is 0 Å². The highest BCUT2D eigenvalue weighted by atomic mass is 32.2. The summed E-state index contributed by atoms with van der Waals surface area (Å²) in [5, 5.41) is 0. The molecule has 1 aromatic carbocycles. The van der Waals surface area contributed by atoms with Gasteiger partial charge in [-0.25, -0.2) is 13.1 Å². The van der Waals surface area contributed by atoms with Crippen LogP contribution in [0.4, 0.5) is 5.69 Å². The number of sulfonamides is 1. The number of anilines is 1. The lowest BCUT2D eigenvalue weighted by Gasteiger charge is -2.36. The Morgan fingerprint density at radius 1 is 1.00 bits per heavy atom. The van der Waals surface area contributed by atoms with Crippen molar-refractivity contribution < 1.29 is 13.2 Å². The number of carbonyl (C=O) groups is 1. The first-order valence-corrected chi connectivity index (χ1v) is 10.0. The van der Waals surface area contributed by atoms with Gasteiger partial charge >= 0.3 is 0 Å². The third-order valence-electron chi connectivity index (χ3n) is 4.34. The van der Waals surface area contributed by atoms with Crippen LogP contribution < -0.4 is 9.62 Å². The summed E-state index contributed by atoms with van der Waals surface area (Å²) in [7, 11) is -3.57. The standard InChI is InChI=1S/C18H22N4O3S/c23-18(8-11-20-26(24,25)17-4-2-1-3-5-17)22-14-12-21(13-15-22)16-6-9-19-10-7-16/h1-7,9-10,20H,8,11-15H2. The van der Waals surface area contributed by atoms with Crippen LogP contribution in [0.25, 0.3) is 0 Å². The van der Waals surface area contributed by atoms with Gasteiger partial charge in [-0.05, 0) is 24.3 Å². The van der Waals surface area contributed by atoms with Gasteiger partial charge in [0.05, 0.1) is 4.90 Å². The molecule has 1 saturated heterocycles. The monoisotopic (exact) mass is 374 g/mol. The maximum absolute atomic E-state index is 12.3. The van der Waals surface area contributed by atoms with Crippen LogP contribution in [-0.2, 0) is 14.8 Å². The minimum Gasteiger partial charge on any atom is -0.368 e. The average Bonchev–Trinajstić information content (AvgIpc) is 2.69. The van der Waals surface area contributed by atoms with Gasteiger partial charge in [-0.2, -0.15) is 0 Å². The number of rotatable bonds is 6.